The fourth-order valence-corrected chi connectivity index (χ4v) is 3.14. The molecular weight excluding hydrogens is 234 g/mol. The highest BCUT2D eigenvalue weighted by atomic mass is 15.2. The standard InChI is InChI=1S/C16H21N3/c1-12-4-7-15-13(9-12)3-2-8-19(15)11-16(18,10-17)14-5-6-14/h4,7,9,14H,2-3,5-6,8,11,18H2,1H3. The lowest BCUT2D eigenvalue weighted by atomic mass is 9.93. The van der Waals surface area contributed by atoms with E-state index in [-0.39, 0.29) is 0 Å². The number of anilines is 1. The van der Waals surface area contributed by atoms with E-state index >= 15 is 0 Å². The molecule has 0 aromatic heterocycles. The van der Waals surface area contributed by atoms with E-state index in [0.717, 1.165) is 32.2 Å². The molecule has 0 saturated heterocycles. The normalized spacial score (nSPS) is 21.4. The van der Waals surface area contributed by atoms with Crippen molar-refractivity contribution >= 4 is 5.69 Å². The van der Waals surface area contributed by atoms with Crippen LogP contribution in [0.5, 0.6) is 0 Å². The number of fused-ring (bicyclic) bond motifs is 1. The smallest absolute Gasteiger partial charge is 0.124 e. The monoisotopic (exact) mass is 255 g/mol. The molecule has 3 rings (SSSR count). The summed E-state index contributed by atoms with van der Waals surface area (Å²) in [5.41, 5.74) is 9.64. The molecule has 1 aliphatic carbocycles. The molecule has 100 valence electrons. The van der Waals surface area contributed by atoms with E-state index in [0.29, 0.717) is 12.5 Å². The lowest BCUT2D eigenvalue weighted by Crippen LogP contribution is -2.52. The fraction of sp³-hybridized carbons (Fsp3) is 0.562. The maximum absolute atomic E-state index is 9.42. The van der Waals surface area contributed by atoms with Crippen LogP contribution in [0, 0.1) is 24.2 Å². The Bertz CT molecular complexity index is 527. The molecule has 1 fully saturated rings. The lowest BCUT2D eigenvalue weighted by molar-refractivity contribution is 0.460. The molecule has 1 unspecified atom stereocenters. The summed E-state index contributed by atoms with van der Waals surface area (Å²) < 4.78 is 0. The summed E-state index contributed by atoms with van der Waals surface area (Å²) in [7, 11) is 0. The summed E-state index contributed by atoms with van der Waals surface area (Å²) in [6, 6.07) is 8.97. The average Bonchev–Trinajstić information content (AvgIpc) is 3.23. The zero-order valence-corrected chi connectivity index (χ0v) is 11.5. The van der Waals surface area contributed by atoms with Gasteiger partial charge in [0, 0.05) is 18.8 Å². The van der Waals surface area contributed by atoms with Gasteiger partial charge in [0.25, 0.3) is 0 Å². The molecule has 3 heteroatoms. The first-order valence-electron chi connectivity index (χ1n) is 7.17. The van der Waals surface area contributed by atoms with Crippen LogP contribution in [0.4, 0.5) is 5.69 Å². The number of hydrogen-bond acceptors (Lipinski definition) is 3. The number of nitriles is 1. The first kappa shape index (κ1) is 12.5. The summed E-state index contributed by atoms with van der Waals surface area (Å²) in [6.45, 7) is 3.82. The first-order valence-corrected chi connectivity index (χ1v) is 7.17. The second-order valence-electron chi connectivity index (χ2n) is 6.08. The highest BCUT2D eigenvalue weighted by molar-refractivity contribution is 5.57. The molecule has 1 aromatic carbocycles. The molecule has 2 N–H and O–H groups in total. The number of hydrogen-bond donors (Lipinski definition) is 1. The fourth-order valence-electron chi connectivity index (χ4n) is 3.14. The zero-order chi connectivity index (χ0) is 13.5. The average molecular weight is 255 g/mol. The van der Waals surface area contributed by atoms with Crippen LogP contribution < -0.4 is 10.6 Å². The Kier molecular flexibility index (Phi) is 2.99. The minimum atomic E-state index is -0.667. The Morgan fingerprint density at radius 2 is 2.26 bits per heavy atom. The third-order valence-corrected chi connectivity index (χ3v) is 4.42. The highest BCUT2D eigenvalue weighted by Crippen LogP contribution is 2.39. The Morgan fingerprint density at radius 1 is 1.47 bits per heavy atom. The summed E-state index contributed by atoms with van der Waals surface area (Å²) in [4.78, 5) is 2.32. The van der Waals surface area contributed by atoms with Gasteiger partial charge in [0.05, 0.1) is 6.07 Å². The predicted molar refractivity (Wildman–Crippen MR) is 77.0 cm³/mol. The topological polar surface area (TPSA) is 53.0 Å². The number of aryl methyl sites for hydroxylation is 2. The largest absolute Gasteiger partial charge is 0.368 e. The molecule has 3 nitrogen and oxygen atoms in total. The molecule has 0 bridgehead atoms. The molecule has 1 saturated carbocycles. The van der Waals surface area contributed by atoms with Gasteiger partial charge >= 0.3 is 0 Å². The number of rotatable bonds is 3. The van der Waals surface area contributed by atoms with Crippen LogP contribution in [0.25, 0.3) is 0 Å². The van der Waals surface area contributed by atoms with E-state index in [9.17, 15) is 5.26 Å². The summed E-state index contributed by atoms with van der Waals surface area (Å²) >= 11 is 0. The van der Waals surface area contributed by atoms with Crippen molar-refractivity contribution in [2.24, 2.45) is 11.7 Å². The predicted octanol–water partition coefficient (Wildman–Crippen LogP) is 2.38. The van der Waals surface area contributed by atoms with Crippen LogP contribution >= 0.6 is 0 Å². The van der Waals surface area contributed by atoms with Gasteiger partial charge in [-0.05, 0) is 50.2 Å². The third-order valence-electron chi connectivity index (χ3n) is 4.42. The Hall–Kier alpha value is -1.53. The Morgan fingerprint density at radius 3 is 2.95 bits per heavy atom. The van der Waals surface area contributed by atoms with E-state index in [1.54, 1.807) is 0 Å². The van der Waals surface area contributed by atoms with Crippen molar-refractivity contribution < 1.29 is 0 Å². The van der Waals surface area contributed by atoms with Crippen LogP contribution in [-0.2, 0) is 6.42 Å². The SMILES string of the molecule is Cc1ccc2c(c1)CCCN2CC(N)(C#N)C1CC1. The van der Waals surface area contributed by atoms with Crippen LogP contribution in [0.3, 0.4) is 0 Å². The summed E-state index contributed by atoms with van der Waals surface area (Å²) in [6.07, 6.45) is 4.51. The van der Waals surface area contributed by atoms with Gasteiger partial charge in [-0.15, -0.1) is 0 Å². The zero-order valence-electron chi connectivity index (χ0n) is 11.5. The maximum atomic E-state index is 9.42. The van der Waals surface area contributed by atoms with Gasteiger partial charge in [0.2, 0.25) is 0 Å². The number of nitrogens with zero attached hydrogens (tertiary/aromatic N) is 2. The van der Waals surface area contributed by atoms with E-state index < -0.39 is 5.54 Å². The van der Waals surface area contributed by atoms with Crippen LogP contribution in [0.2, 0.25) is 0 Å². The van der Waals surface area contributed by atoms with Gasteiger partial charge in [-0.3, -0.25) is 0 Å². The Labute approximate surface area is 115 Å². The van der Waals surface area contributed by atoms with Gasteiger partial charge in [-0.25, -0.2) is 0 Å². The van der Waals surface area contributed by atoms with E-state index in [1.165, 1.54) is 16.8 Å². The summed E-state index contributed by atoms with van der Waals surface area (Å²) in [5.74, 6) is 0.397. The molecule has 2 aliphatic rings. The van der Waals surface area contributed by atoms with Crippen molar-refractivity contribution in [3.63, 3.8) is 0 Å². The van der Waals surface area contributed by atoms with Crippen LogP contribution in [0.15, 0.2) is 18.2 Å². The Balaban J connectivity index is 1.86. The maximum Gasteiger partial charge on any atom is 0.124 e. The molecule has 0 radical (unpaired) electrons. The molecule has 0 spiro atoms. The van der Waals surface area contributed by atoms with Crippen LogP contribution in [-0.4, -0.2) is 18.6 Å². The molecule has 19 heavy (non-hydrogen) atoms. The molecular formula is C16H21N3. The lowest BCUT2D eigenvalue weighted by Gasteiger charge is -2.36. The van der Waals surface area contributed by atoms with Crippen molar-refractivity contribution in [3.05, 3.63) is 29.3 Å². The van der Waals surface area contributed by atoms with Gasteiger partial charge in [0.15, 0.2) is 0 Å². The van der Waals surface area contributed by atoms with E-state index in [2.05, 4.69) is 36.1 Å². The highest BCUT2D eigenvalue weighted by Gasteiger charge is 2.44. The molecule has 0 amide bonds. The number of benzene rings is 1. The van der Waals surface area contributed by atoms with Crippen LogP contribution in [0.1, 0.15) is 30.4 Å². The van der Waals surface area contributed by atoms with Crippen molar-refractivity contribution in [3.8, 4) is 6.07 Å². The molecule has 1 aliphatic heterocycles. The van der Waals surface area contributed by atoms with Gasteiger partial charge < -0.3 is 10.6 Å². The van der Waals surface area contributed by atoms with Crippen molar-refractivity contribution in [1.82, 2.24) is 0 Å². The van der Waals surface area contributed by atoms with E-state index in [1.807, 2.05) is 0 Å². The van der Waals surface area contributed by atoms with Gasteiger partial charge in [-0.1, -0.05) is 17.7 Å². The van der Waals surface area contributed by atoms with Gasteiger partial charge in [0.1, 0.15) is 5.54 Å². The number of nitrogens with two attached hydrogens (primary N) is 1. The van der Waals surface area contributed by atoms with E-state index in [4.69, 9.17) is 5.73 Å². The first-order chi connectivity index (χ1) is 9.12. The van der Waals surface area contributed by atoms with Gasteiger partial charge in [-0.2, -0.15) is 5.26 Å². The molecule has 1 atom stereocenters. The minimum absolute atomic E-state index is 0.397. The molecule has 1 heterocycles. The quantitative estimate of drug-likeness (QED) is 0.902. The minimum Gasteiger partial charge on any atom is -0.368 e. The summed E-state index contributed by atoms with van der Waals surface area (Å²) in [5, 5.41) is 9.42. The van der Waals surface area contributed by atoms with Crippen molar-refractivity contribution in [2.45, 2.75) is 38.1 Å². The second-order valence-corrected chi connectivity index (χ2v) is 6.08. The molecule has 1 aromatic rings. The van der Waals surface area contributed by atoms with Crippen molar-refractivity contribution in [2.75, 3.05) is 18.0 Å². The van der Waals surface area contributed by atoms with Crippen molar-refractivity contribution in [1.29, 1.82) is 5.26 Å². The third kappa shape index (κ3) is 2.33. The second kappa shape index (κ2) is 4.54.